The Hall–Kier alpha value is -2.16. The van der Waals surface area contributed by atoms with Gasteiger partial charge in [-0.25, -0.2) is 0 Å². The summed E-state index contributed by atoms with van der Waals surface area (Å²) in [5.74, 6) is 0.942. The van der Waals surface area contributed by atoms with Gasteiger partial charge >= 0.3 is 0 Å². The first kappa shape index (κ1) is 15.2. The van der Waals surface area contributed by atoms with Crippen molar-refractivity contribution in [3.8, 4) is 5.75 Å². The number of nitrogens with zero attached hydrogens (tertiary/aromatic N) is 1. The van der Waals surface area contributed by atoms with Crippen LogP contribution in [-0.2, 0) is 6.54 Å². The van der Waals surface area contributed by atoms with E-state index in [1.807, 2.05) is 12.1 Å². The molecular formula is C18H24N2O. The van der Waals surface area contributed by atoms with Crippen LogP contribution in [0.4, 0.5) is 11.4 Å². The number of anilines is 2. The second kappa shape index (κ2) is 7.58. The van der Waals surface area contributed by atoms with Gasteiger partial charge in [-0.15, -0.1) is 0 Å². The molecule has 0 fully saturated rings. The molecule has 0 amide bonds. The molecule has 3 heteroatoms. The first-order valence-electron chi connectivity index (χ1n) is 7.42. The second-order valence-electron chi connectivity index (χ2n) is 5.26. The molecule has 2 aromatic carbocycles. The van der Waals surface area contributed by atoms with Crippen LogP contribution in [0.2, 0.25) is 0 Å². The summed E-state index contributed by atoms with van der Waals surface area (Å²) in [5, 5.41) is 3.50. The highest BCUT2D eigenvalue weighted by molar-refractivity contribution is 5.69. The molecule has 0 aliphatic carbocycles. The summed E-state index contributed by atoms with van der Waals surface area (Å²) in [7, 11) is 4.11. The van der Waals surface area contributed by atoms with E-state index in [4.69, 9.17) is 4.74 Å². The summed E-state index contributed by atoms with van der Waals surface area (Å²) in [6.07, 6.45) is 1.03. The molecule has 2 rings (SSSR count). The molecule has 0 radical (unpaired) electrons. The molecule has 112 valence electrons. The van der Waals surface area contributed by atoms with Gasteiger partial charge in [-0.2, -0.15) is 0 Å². The zero-order valence-corrected chi connectivity index (χ0v) is 13.1. The Kier molecular flexibility index (Phi) is 5.50. The number of hydrogen-bond donors (Lipinski definition) is 1. The van der Waals surface area contributed by atoms with Gasteiger partial charge in [-0.1, -0.05) is 31.2 Å². The third-order valence-electron chi connectivity index (χ3n) is 3.24. The third kappa shape index (κ3) is 4.42. The zero-order valence-electron chi connectivity index (χ0n) is 13.1. The lowest BCUT2D eigenvalue weighted by atomic mass is 10.2. The quantitative estimate of drug-likeness (QED) is 0.826. The van der Waals surface area contributed by atoms with Crippen LogP contribution in [0.3, 0.4) is 0 Å². The number of rotatable bonds is 7. The predicted molar refractivity (Wildman–Crippen MR) is 90.3 cm³/mol. The molecule has 0 bridgehead atoms. The molecule has 1 N–H and O–H groups in total. The molecule has 0 aliphatic heterocycles. The van der Waals surface area contributed by atoms with Gasteiger partial charge < -0.3 is 15.0 Å². The van der Waals surface area contributed by atoms with Crippen LogP contribution >= 0.6 is 0 Å². The van der Waals surface area contributed by atoms with Gasteiger partial charge in [0.25, 0.3) is 0 Å². The third-order valence-corrected chi connectivity index (χ3v) is 3.24. The van der Waals surface area contributed by atoms with Crippen molar-refractivity contribution in [2.75, 3.05) is 30.9 Å². The molecule has 0 atom stereocenters. The van der Waals surface area contributed by atoms with Crippen LogP contribution in [0.25, 0.3) is 0 Å². The van der Waals surface area contributed by atoms with E-state index in [0.717, 1.165) is 31.0 Å². The largest absolute Gasteiger partial charge is 0.494 e. The Morgan fingerprint density at radius 3 is 2.62 bits per heavy atom. The molecule has 0 aliphatic rings. The topological polar surface area (TPSA) is 24.5 Å². The second-order valence-corrected chi connectivity index (χ2v) is 5.26. The molecular weight excluding hydrogens is 260 g/mol. The van der Waals surface area contributed by atoms with Gasteiger partial charge in [-0.05, 0) is 36.2 Å². The Morgan fingerprint density at radius 1 is 1.05 bits per heavy atom. The minimum Gasteiger partial charge on any atom is -0.494 e. The molecule has 21 heavy (non-hydrogen) atoms. The van der Waals surface area contributed by atoms with Crippen molar-refractivity contribution >= 4 is 11.4 Å². The maximum Gasteiger partial charge on any atom is 0.119 e. The van der Waals surface area contributed by atoms with Gasteiger partial charge in [0, 0.05) is 20.6 Å². The molecule has 0 saturated carbocycles. The highest BCUT2D eigenvalue weighted by Crippen LogP contribution is 2.24. The van der Waals surface area contributed by atoms with Gasteiger partial charge in [0.15, 0.2) is 0 Å². The van der Waals surface area contributed by atoms with E-state index in [2.05, 4.69) is 67.6 Å². The SMILES string of the molecule is CCCOc1cccc(CNc2ccccc2N(C)C)c1. The number of benzene rings is 2. The Labute approximate surface area is 127 Å². The highest BCUT2D eigenvalue weighted by Gasteiger charge is 2.03. The molecule has 0 aromatic heterocycles. The minimum absolute atomic E-state index is 0.764. The lowest BCUT2D eigenvalue weighted by Gasteiger charge is -2.18. The first-order valence-corrected chi connectivity index (χ1v) is 7.42. The predicted octanol–water partition coefficient (Wildman–Crippen LogP) is 4.15. The lowest BCUT2D eigenvalue weighted by molar-refractivity contribution is 0.317. The van der Waals surface area contributed by atoms with E-state index in [0.29, 0.717) is 0 Å². The fraction of sp³-hybridized carbons (Fsp3) is 0.333. The smallest absolute Gasteiger partial charge is 0.119 e. The summed E-state index contributed by atoms with van der Waals surface area (Å²) in [5.41, 5.74) is 3.55. The lowest BCUT2D eigenvalue weighted by Crippen LogP contribution is -2.12. The normalized spacial score (nSPS) is 10.2. The monoisotopic (exact) mass is 284 g/mol. The summed E-state index contributed by atoms with van der Waals surface area (Å²) in [4.78, 5) is 2.11. The molecule has 0 heterocycles. The number of hydrogen-bond acceptors (Lipinski definition) is 3. The van der Waals surface area contributed by atoms with Crippen molar-refractivity contribution in [2.24, 2.45) is 0 Å². The van der Waals surface area contributed by atoms with E-state index in [-0.39, 0.29) is 0 Å². The minimum atomic E-state index is 0.764. The maximum absolute atomic E-state index is 5.67. The summed E-state index contributed by atoms with van der Waals surface area (Å²) in [6, 6.07) is 16.6. The fourth-order valence-corrected chi connectivity index (χ4v) is 2.18. The van der Waals surface area contributed by atoms with Crippen molar-refractivity contribution in [3.05, 3.63) is 54.1 Å². The fourth-order valence-electron chi connectivity index (χ4n) is 2.18. The van der Waals surface area contributed by atoms with Crippen LogP contribution in [0.15, 0.2) is 48.5 Å². The summed E-state index contributed by atoms with van der Waals surface area (Å²) in [6.45, 7) is 3.66. The van der Waals surface area contributed by atoms with Crippen molar-refractivity contribution in [1.82, 2.24) is 0 Å². The standard InChI is InChI=1S/C18H24N2O/c1-4-12-21-16-9-7-8-15(13-16)14-19-17-10-5-6-11-18(17)20(2)3/h5-11,13,19H,4,12,14H2,1-3H3. The maximum atomic E-state index is 5.67. The van der Waals surface area contributed by atoms with Crippen molar-refractivity contribution in [1.29, 1.82) is 0 Å². The average Bonchev–Trinajstić information content (AvgIpc) is 2.51. The average molecular weight is 284 g/mol. The molecule has 0 saturated heterocycles. The first-order chi connectivity index (χ1) is 10.2. The van der Waals surface area contributed by atoms with E-state index in [1.165, 1.54) is 11.3 Å². The van der Waals surface area contributed by atoms with E-state index in [1.54, 1.807) is 0 Å². The summed E-state index contributed by atoms with van der Waals surface area (Å²) < 4.78 is 5.67. The van der Waals surface area contributed by atoms with Crippen molar-refractivity contribution in [3.63, 3.8) is 0 Å². The van der Waals surface area contributed by atoms with Crippen LogP contribution in [0.1, 0.15) is 18.9 Å². The molecule has 0 spiro atoms. The number of ether oxygens (including phenoxy) is 1. The van der Waals surface area contributed by atoms with Crippen LogP contribution < -0.4 is 15.0 Å². The highest BCUT2D eigenvalue weighted by atomic mass is 16.5. The van der Waals surface area contributed by atoms with Gasteiger partial charge in [0.05, 0.1) is 18.0 Å². The number of nitrogens with one attached hydrogen (secondary N) is 1. The number of para-hydroxylation sites is 2. The van der Waals surface area contributed by atoms with Crippen molar-refractivity contribution in [2.45, 2.75) is 19.9 Å². The van der Waals surface area contributed by atoms with Crippen LogP contribution in [0, 0.1) is 0 Å². The van der Waals surface area contributed by atoms with Crippen LogP contribution in [-0.4, -0.2) is 20.7 Å². The van der Waals surface area contributed by atoms with Crippen LogP contribution in [0.5, 0.6) is 5.75 Å². The Morgan fingerprint density at radius 2 is 1.86 bits per heavy atom. The van der Waals surface area contributed by atoms with Gasteiger partial charge in [-0.3, -0.25) is 0 Å². The Balaban J connectivity index is 2.03. The summed E-state index contributed by atoms with van der Waals surface area (Å²) >= 11 is 0. The Bertz CT molecular complexity index is 567. The van der Waals surface area contributed by atoms with Gasteiger partial charge in [0.1, 0.15) is 5.75 Å². The van der Waals surface area contributed by atoms with E-state index in [9.17, 15) is 0 Å². The zero-order chi connectivity index (χ0) is 15.1. The van der Waals surface area contributed by atoms with Crippen molar-refractivity contribution < 1.29 is 4.74 Å². The van der Waals surface area contributed by atoms with E-state index >= 15 is 0 Å². The van der Waals surface area contributed by atoms with E-state index < -0.39 is 0 Å². The molecule has 2 aromatic rings. The molecule has 0 unspecified atom stereocenters. The molecule has 3 nitrogen and oxygen atoms in total. The van der Waals surface area contributed by atoms with Gasteiger partial charge in [0.2, 0.25) is 0 Å².